The van der Waals surface area contributed by atoms with E-state index in [0.29, 0.717) is 0 Å². The van der Waals surface area contributed by atoms with Crippen LogP contribution in [0.25, 0.3) is 32.8 Å². The first kappa shape index (κ1) is 13.8. The van der Waals surface area contributed by atoms with Crippen molar-refractivity contribution < 1.29 is 5.11 Å². The number of nitrogens with zero attached hydrogens (tertiary/aromatic N) is 1. The van der Waals surface area contributed by atoms with E-state index in [-0.39, 0.29) is 5.75 Å². The number of aromatic amines is 1. The minimum atomic E-state index is 0.274. The van der Waals surface area contributed by atoms with E-state index in [0.717, 1.165) is 21.8 Å². The number of H-pyrrole nitrogens is 1. The van der Waals surface area contributed by atoms with Crippen molar-refractivity contribution >= 4 is 33.6 Å². The lowest BCUT2D eigenvalue weighted by atomic mass is 10.2. The predicted molar refractivity (Wildman–Crippen MR) is 96.4 cm³/mol. The zero-order chi connectivity index (χ0) is 15.6. The van der Waals surface area contributed by atoms with Gasteiger partial charge in [0.15, 0.2) is 0 Å². The molecule has 0 aliphatic heterocycles. The summed E-state index contributed by atoms with van der Waals surface area (Å²) < 4.78 is 1.27. The smallest absolute Gasteiger partial charge is 0.115 e. The minimum Gasteiger partial charge on any atom is -0.508 e. The molecular formula is C19H14N2OS. The second-order valence-electron chi connectivity index (χ2n) is 5.28. The third-order valence-corrected chi connectivity index (χ3v) is 4.76. The maximum Gasteiger partial charge on any atom is 0.115 e. The van der Waals surface area contributed by atoms with E-state index in [4.69, 9.17) is 0 Å². The first-order chi connectivity index (χ1) is 11.3. The second-order valence-corrected chi connectivity index (χ2v) is 6.37. The molecule has 2 aromatic heterocycles. The largest absolute Gasteiger partial charge is 0.508 e. The van der Waals surface area contributed by atoms with Crippen molar-refractivity contribution in [3.8, 4) is 16.3 Å². The number of aromatic hydroxyl groups is 1. The third-order valence-electron chi connectivity index (χ3n) is 3.62. The molecule has 4 rings (SSSR count). The van der Waals surface area contributed by atoms with E-state index in [1.54, 1.807) is 23.5 Å². The van der Waals surface area contributed by atoms with Crippen LogP contribution in [-0.2, 0) is 0 Å². The number of phenolic OH excluding ortho intramolecular Hbond substituents is 1. The average Bonchev–Trinajstić information content (AvgIpc) is 3.21. The number of phenols is 1. The topological polar surface area (TPSA) is 48.9 Å². The molecule has 23 heavy (non-hydrogen) atoms. The summed E-state index contributed by atoms with van der Waals surface area (Å²) in [6.45, 7) is 0. The van der Waals surface area contributed by atoms with Gasteiger partial charge in [-0.05, 0) is 47.4 Å². The first-order valence-corrected chi connectivity index (χ1v) is 8.11. The van der Waals surface area contributed by atoms with Crippen molar-refractivity contribution in [3.05, 3.63) is 71.9 Å². The van der Waals surface area contributed by atoms with E-state index in [9.17, 15) is 5.11 Å². The summed E-state index contributed by atoms with van der Waals surface area (Å²) in [4.78, 5) is 1.16. The fourth-order valence-electron chi connectivity index (χ4n) is 2.43. The number of rotatable bonds is 3. The lowest BCUT2D eigenvalue weighted by molar-refractivity contribution is 0.475. The number of fused-ring (bicyclic) bond motifs is 1. The summed E-state index contributed by atoms with van der Waals surface area (Å²) in [5, 5.41) is 18.0. The Balaban J connectivity index is 1.59. The Kier molecular flexibility index (Phi) is 3.44. The van der Waals surface area contributed by atoms with Crippen LogP contribution >= 0.6 is 11.3 Å². The standard InChI is InChI=1S/C19H14N2OS/c22-16-9-6-13(7-10-16)5-8-15-12-17(21-20-15)19-11-14-3-1-2-4-18(14)23-19/h1-12,22H,(H,20,21)/b8-5+. The monoisotopic (exact) mass is 318 g/mol. The molecule has 4 aromatic rings. The molecule has 0 fully saturated rings. The van der Waals surface area contributed by atoms with E-state index >= 15 is 0 Å². The minimum absolute atomic E-state index is 0.274. The van der Waals surface area contributed by atoms with E-state index in [1.165, 1.54) is 10.1 Å². The van der Waals surface area contributed by atoms with Gasteiger partial charge in [0, 0.05) is 4.70 Å². The molecule has 4 heteroatoms. The number of nitrogens with one attached hydrogen (secondary N) is 1. The van der Waals surface area contributed by atoms with Crippen LogP contribution in [0.2, 0.25) is 0 Å². The predicted octanol–water partition coefficient (Wildman–Crippen LogP) is 5.17. The van der Waals surface area contributed by atoms with Gasteiger partial charge < -0.3 is 5.11 Å². The molecule has 0 unspecified atom stereocenters. The molecule has 2 N–H and O–H groups in total. The SMILES string of the molecule is Oc1ccc(/C=C/c2cc(-c3cc4ccccc4s3)n[nH]2)cc1. The van der Waals surface area contributed by atoms with Crippen LogP contribution in [0, 0.1) is 0 Å². The first-order valence-electron chi connectivity index (χ1n) is 7.29. The molecule has 0 saturated carbocycles. The van der Waals surface area contributed by atoms with Gasteiger partial charge in [-0.25, -0.2) is 0 Å². The van der Waals surface area contributed by atoms with Crippen LogP contribution in [0.15, 0.2) is 60.7 Å². The Morgan fingerprint density at radius 2 is 1.78 bits per heavy atom. The quantitative estimate of drug-likeness (QED) is 0.547. The number of aromatic nitrogens is 2. The Labute approximate surface area is 137 Å². The van der Waals surface area contributed by atoms with Gasteiger partial charge >= 0.3 is 0 Å². The highest BCUT2D eigenvalue weighted by molar-refractivity contribution is 7.22. The zero-order valence-corrected chi connectivity index (χ0v) is 13.0. The highest BCUT2D eigenvalue weighted by Gasteiger charge is 2.07. The second kappa shape index (κ2) is 5.74. The molecule has 0 amide bonds. The summed E-state index contributed by atoms with van der Waals surface area (Å²) in [6.07, 6.45) is 3.97. The van der Waals surface area contributed by atoms with Crippen molar-refractivity contribution in [2.75, 3.05) is 0 Å². The van der Waals surface area contributed by atoms with Crippen molar-refractivity contribution in [2.45, 2.75) is 0 Å². The summed E-state index contributed by atoms with van der Waals surface area (Å²) in [6, 6.07) is 19.7. The Hall–Kier alpha value is -2.85. The molecule has 0 aliphatic rings. The maximum absolute atomic E-state index is 9.29. The number of benzene rings is 2. The average molecular weight is 318 g/mol. The summed E-state index contributed by atoms with van der Waals surface area (Å²) in [7, 11) is 0. The van der Waals surface area contributed by atoms with Crippen molar-refractivity contribution in [1.82, 2.24) is 10.2 Å². The van der Waals surface area contributed by atoms with Crippen LogP contribution in [-0.4, -0.2) is 15.3 Å². The van der Waals surface area contributed by atoms with Gasteiger partial charge in [0.2, 0.25) is 0 Å². The van der Waals surface area contributed by atoms with E-state index < -0.39 is 0 Å². The molecule has 2 aromatic carbocycles. The Morgan fingerprint density at radius 1 is 0.957 bits per heavy atom. The Morgan fingerprint density at radius 3 is 2.61 bits per heavy atom. The maximum atomic E-state index is 9.29. The van der Waals surface area contributed by atoms with Crippen molar-refractivity contribution in [1.29, 1.82) is 0 Å². The molecule has 112 valence electrons. The van der Waals surface area contributed by atoms with Crippen LogP contribution in [0.4, 0.5) is 0 Å². The van der Waals surface area contributed by atoms with Crippen molar-refractivity contribution in [3.63, 3.8) is 0 Å². The zero-order valence-electron chi connectivity index (χ0n) is 12.2. The molecule has 0 aliphatic carbocycles. The summed E-state index contributed by atoms with van der Waals surface area (Å²) in [5.41, 5.74) is 2.93. The van der Waals surface area contributed by atoms with Crippen molar-refractivity contribution in [2.24, 2.45) is 0 Å². The van der Waals surface area contributed by atoms with Gasteiger partial charge in [0.1, 0.15) is 11.4 Å². The molecule has 0 atom stereocenters. The van der Waals surface area contributed by atoms with Gasteiger partial charge in [-0.1, -0.05) is 36.4 Å². The summed E-state index contributed by atoms with van der Waals surface area (Å²) >= 11 is 1.75. The fraction of sp³-hybridized carbons (Fsp3) is 0. The summed E-state index contributed by atoms with van der Waals surface area (Å²) in [5.74, 6) is 0.274. The van der Waals surface area contributed by atoms with E-state index in [1.807, 2.05) is 30.4 Å². The highest BCUT2D eigenvalue weighted by Crippen LogP contribution is 2.32. The van der Waals surface area contributed by atoms with Crippen LogP contribution in [0.3, 0.4) is 0 Å². The van der Waals surface area contributed by atoms with Crippen LogP contribution in [0.1, 0.15) is 11.3 Å². The highest BCUT2D eigenvalue weighted by atomic mass is 32.1. The molecule has 0 saturated heterocycles. The van der Waals surface area contributed by atoms with Gasteiger partial charge in [0.05, 0.1) is 10.6 Å². The molecule has 0 spiro atoms. The van der Waals surface area contributed by atoms with Crippen LogP contribution < -0.4 is 0 Å². The van der Waals surface area contributed by atoms with E-state index in [2.05, 4.69) is 40.5 Å². The molecule has 0 bridgehead atoms. The Bertz CT molecular complexity index is 947. The van der Waals surface area contributed by atoms with Gasteiger partial charge in [-0.3, -0.25) is 5.10 Å². The van der Waals surface area contributed by atoms with Gasteiger partial charge in [-0.15, -0.1) is 11.3 Å². The third kappa shape index (κ3) is 2.89. The molecule has 2 heterocycles. The van der Waals surface area contributed by atoms with Crippen LogP contribution in [0.5, 0.6) is 5.75 Å². The molecule has 3 nitrogen and oxygen atoms in total. The molecular weight excluding hydrogens is 304 g/mol. The fourth-order valence-corrected chi connectivity index (χ4v) is 3.45. The normalized spacial score (nSPS) is 11.5. The molecule has 0 radical (unpaired) electrons. The van der Waals surface area contributed by atoms with Gasteiger partial charge in [0.25, 0.3) is 0 Å². The van der Waals surface area contributed by atoms with Gasteiger partial charge in [-0.2, -0.15) is 5.10 Å². The lowest BCUT2D eigenvalue weighted by Crippen LogP contribution is -1.73. The lowest BCUT2D eigenvalue weighted by Gasteiger charge is -1.93. The number of hydrogen-bond donors (Lipinski definition) is 2. The number of hydrogen-bond acceptors (Lipinski definition) is 3. The number of thiophene rings is 1.